The maximum atomic E-state index is 11.5. The van der Waals surface area contributed by atoms with Gasteiger partial charge in [-0.1, -0.05) is 4.13 Å². The van der Waals surface area contributed by atoms with E-state index in [0.29, 0.717) is 19.5 Å². The standard InChI is InChI=1S/C9H17N2O3.C2HF6NO4S2/c12-6-1-9-10(4-7-13)2-3-11(9)5-8-14;3-1(4,5)14(10,11)9-15(12,13)2(6,7)8/h2-3,12-14H,1,4-8H2;9H/q+1;. The maximum Gasteiger partial charge on any atom is 0.512 e. The van der Waals surface area contributed by atoms with E-state index < -0.39 is 35.2 Å². The first-order valence-electron chi connectivity index (χ1n) is 7.35. The smallest absolute Gasteiger partial charge is 0.396 e. The van der Waals surface area contributed by atoms with Gasteiger partial charge in [-0.25, -0.2) is 26.0 Å². The number of halogens is 6. The number of rotatable bonds is 8. The summed E-state index contributed by atoms with van der Waals surface area (Å²) in [6.45, 7) is 1.26. The SMILES string of the molecule is O=S(=O)(NS(=O)(=O)C(F)(F)F)C(F)(F)F.OCCc1n(CCO)cc[n+]1CCO. The van der Waals surface area contributed by atoms with Gasteiger partial charge in [0.15, 0.2) is 0 Å². The molecule has 0 aromatic carbocycles. The maximum absolute atomic E-state index is 11.5. The van der Waals surface area contributed by atoms with Crippen molar-refractivity contribution in [2.24, 2.45) is 0 Å². The van der Waals surface area contributed by atoms with Gasteiger partial charge in [-0.15, -0.1) is 0 Å². The summed E-state index contributed by atoms with van der Waals surface area (Å²) < 4.78 is 112. The Hall–Kier alpha value is -1.47. The molecule has 18 heteroatoms. The van der Waals surface area contributed by atoms with Crippen molar-refractivity contribution in [2.75, 3.05) is 19.8 Å². The fourth-order valence-corrected chi connectivity index (χ4v) is 3.66. The summed E-state index contributed by atoms with van der Waals surface area (Å²) in [5.74, 6) is 0.926. The van der Waals surface area contributed by atoms with Crippen LogP contribution >= 0.6 is 0 Å². The minimum absolute atomic E-state index is 0.0703. The zero-order chi connectivity index (χ0) is 23.1. The molecule has 0 aliphatic carbocycles. The molecule has 1 aromatic rings. The van der Waals surface area contributed by atoms with Crippen molar-refractivity contribution < 1.29 is 63.1 Å². The van der Waals surface area contributed by atoms with Crippen LogP contribution in [0.2, 0.25) is 0 Å². The van der Waals surface area contributed by atoms with Gasteiger partial charge in [-0.2, -0.15) is 26.3 Å². The number of sulfonamides is 2. The molecule has 29 heavy (non-hydrogen) atoms. The van der Waals surface area contributed by atoms with Crippen LogP contribution in [0, 0.1) is 0 Å². The molecule has 0 saturated carbocycles. The number of aliphatic hydroxyl groups is 3. The lowest BCUT2D eigenvalue weighted by molar-refractivity contribution is -0.705. The number of nitrogens with one attached hydrogen (secondary N) is 1. The molecule has 10 nitrogen and oxygen atoms in total. The first-order chi connectivity index (χ1) is 13.0. The van der Waals surface area contributed by atoms with E-state index in [-0.39, 0.29) is 19.8 Å². The number of aliphatic hydroxyl groups excluding tert-OH is 3. The lowest BCUT2D eigenvalue weighted by Crippen LogP contribution is -2.45. The van der Waals surface area contributed by atoms with Gasteiger partial charge < -0.3 is 15.3 Å². The van der Waals surface area contributed by atoms with Crippen LogP contribution in [0.1, 0.15) is 5.82 Å². The van der Waals surface area contributed by atoms with Crippen LogP contribution in [-0.2, 0) is 39.6 Å². The van der Waals surface area contributed by atoms with Crippen molar-refractivity contribution in [3.8, 4) is 0 Å². The number of imidazole rings is 1. The van der Waals surface area contributed by atoms with Crippen LogP contribution in [0.25, 0.3) is 0 Å². The summed E-state index contributed by atoms with van der Waals surface area (Å²) in [5, 5.41) is 26.5. The minimum atomic E-state index is -6.60. The van der Waals surface area contributed by atoms with E-state index in [4.69, 9.17) is 15.3 Å². The third-order valence-corrected chi connectivity index (χ3v) is 5.91. The number of hydrogen-bond acceptors (Lipinski definition) is 7. The number of aromatic nitrogens is 2. The van der Waals surface area contributed by atoms with Crippen molar-refractivity contribution >= 4 is 20.0 Å². The Bertz CT molecular complexity index is 784. The second kappa shape index (κ2) is 10.5. The largest absolute Gasteiger partial charge is 0.512 e. The molecule has 0 unspecified atom stereocenters. The van der Waals surface area contributed by atoms with E-state index in [1.165, 1.54) is 0 Å². The fraction of sp³-hybridized carbons (Fsp3) is 0.727. The Morgan fingerprint density at radius 2 is 1.38 bits per heavy atom. The zero-order valence-electron chi connectivity index (χ0n) is 14.4. The molecular formula is C11H18F6N3O7S2+. The third-order valence-electron chi connectivity index (χ3n) is 2.94. The van der Waals surface area contributed by atoms with Gasteiger partial charge in [-0.3, -0.25) is 0 Å². The summed E-state index contributed by atoms with van der Waals surface area (Å²) in [6.07, 6.45) is 4.22. The summed E-state index contributed by atoms with van der Waals surface area (Å²) >= 11 is 0. The quantitative estimate of drug-likeness (QED) is 0.262. The van der Waals surface area contributed by atoms with Crippen LogP contribution in [0.15, 0.2) is 12.4 Å². The molecule has 0 bridgehead atoms. The molecule has 1 aromatic heterocycles. The first-order valence-corrected chi connectivity index (χ1v) is 10.3. The van der Waals surface area contributed by atoms with Gasteiger partial charge >= 0.3 is 31.1 Å². The van der Waals surface area contributed by atoms with E-state index >= 15 is 0 Å². The average Bonchev–Trinajstić information content (AvgIpc) is 2.88. The zero-order valence-corrected chi connectivity index (χ0v) is 16.0. The van der Waals surface area contributed by atoms with Crippen molar-refractivity contribution in [3.63, 3.8) is 0 Å². The highest BCUT2D eigenvalue weighted by Gasteiger charge is 2.55. The highest BCUT2D eigenvalue weighted by Crippen LogP contribution is 2.27. The molecule has 4 N–H and O–H groups in total. The normalized spacial score (nSPS) is 13.1. The van der Waals surface area contributed by atoms with Crippen molar-refractivity contribution in [1.82, 2.24) is 8.69 Å². The van der Waals surface area contributed by atoms with Crippen LogP contribution in [0.4, 0.5) is 26.3 Å². The van der Waals surface area contributed by atoms with Crippen molar-refractivity contribution in [1.29, 1.82) is 0 Å². The Kier molecular flexibility index (Phi) is 9.99. The Morgan fingerprint density at radius 1 is 0.897 bits per heavy atom. The lowest BCUT2D eigenvalue weighted by atomic mass is 10.4. The first kappa shape index (κ1) is 27.5. The summed E-state index contributed by atoms with van der Waals surface area (Å²) in [6, 6.07) is 0. The second-order valence-corrected chi connectivity index (χ2v) is 8.61. The summed E-state index contributed by atoms with van der Waals surface area (Å²) in [4.78, 5) is 0. The van der Waals surface area contributed by atoms with Crippen molar-refractivity contribution in [3.05, 3.63) is 18.2 Å². The lowest BCUT2D eigenvalue weighted by Gasteiger charge is -2.11. The third kappa shape index (κ3) is 8.05. The molecule has 172 valence electrons. The van der Waals surface area contributed by atoms with Gasteiger partial charge in [0.25, 0.3) is 5.82 Å². The molecule has 0 aliphatic rings. The molecular weight excluding hydrogens is 464 g/mol. The van der Waals surface area contributed by atoms with Crippen LogP contribution < -0.4 is 8.69 Å². The van der Waals surface area contributed by atoms with Crippen LogP contribution in [-0.4, -0.2) is 67.6 Å². The Morgan fingerprint density at radius 3 is 1.72 bits per heavy atom. The fourth-order valence-electron chi connectivity index (χ4n) is 1.75. The van der Waals surface area contributed by atoms with Gasteiger partial charge in [0, 0.05) is 0 Å². The Balaban J connectivity index is 0.000000541. The molecule has 0 radical (unpaired) electrons. The molecule has 0 spiro atoms. The van der Waals surface area contributed by atoms with E-state index in [1.807, 2.05) is 21.5 Å². The van der Waals surface area contributed by atoms with Crippen LogP contribution in [0.5, 0.6) is 0 Å². The predicted octanol–water partition coefficient (Wildman–Crippen LogP) is -1.43. The molecule has 0 amide bonds. The average molecular weight is 482 g/mol. The number of hydrogen-bond donors (Lipinski definition) is 4. The molecule has 1 rings (SSSR count). The molecule has 0 saturated heterocycles. The highest BCUT2D eigenvalue weighted by atomic mass is 32.3. The number of nitrogens with zero attached hydrogens (tertiary/aromatic N) is 2. The highest BCUT2D eigenvalue weighted by molar-refractivity contribution is 8.05. The molecule has 1 heterocycles. The topological polar surface area (TPSA) is 150 Å². The summed E-state index contributed by atoms with van der Waals surface area (Å²) in [7, 11) is -13.2. The molecule has 0 atom stereocenters. The summed E-state index contributed by atoms with van der Waals surface area (Å²) in [5.41, 5.74) is -12.3. The monoisotopic (exact) mass is 482 g/mol. The molecule has 0 fully saturated rings. The van der Waals surface area contributed by atoms with Crippen molar-refractivity contribution in [2.45, 2.75) is 30.5 Å². The predicted molar refractivity (Wildman–Crippen MR) is 82.7 cm³/mol. The minimum Gasteiger partial charge on any atom is -0.396 e. The van der Waals surface area contributed by atoms with Gasteiger partial charge in [0.1, 0.15) is 25.5 Å². The Labute approximate surface area is 161 Å². The van der Waals surface area contributed by atoms with E-state index in [9.17, 15) is 43.2 Å². The second-order valence-electron chi connectivity index (χ2n) is 5.00. The van der Waals surface area contributed by atoms with Gasteiger partial charge in [0.2, 0.25) is 0 Å². The van der Waals surface area contributed by atoms with E-state index in [2.05, 4.69) is 0 Å². The van der Waals surface area contributed by atoms with Gasteiger partial charge in [0.05, 0.1) is 26.2 Å². The van der Waals surface area contributed by atoms with Gasteiger partial charge in [-0.05, 0) is 0 Å². The molecule has 0 aliphatic heterocycles. The van der Waals surface area contributed by atoms with Crippen LogP contribution in [0.3, 0.4) is 0 Å². The number of alkyl halides is 6. The van der Waals surface area contributed by atoms with E-state index in [1.54, 1.807) is 0 Å². The van der Waals surface area contributed by atoms with E-state index in [0.717, 1.165) is 5.82 Å².